The van der Waals surface area contributed by atoms with Crippen molar-refractivity contribution in [1.29, 1.82) is 0 Å². The number of alkyl carbamates (subject to hydrolysis) is 1. The van der Waals surface area contributed by atoms with Crippen molar-refractivity contribution in [2.24, 2.45) is 0 Å². The van der Waals surface area contributed by atoms with E-state index in [1.54, 1.807) is 0 Å². The number of ether oxygens (including phenoxy) is 1. The fourth-order valence-electron chi connectivity index (χ4n) is 2.12. The van der Waals surface area contributed by atoms with Gasteiger partial charge < -0.3 is 10.1 Å². The molecule has 1 amide bonds. The molecule has 0 aromatic heterocycles. The molecule has 0 radical (unpaired) electrons. The van der Waals surface area contributed by atoms with E-state index in [2.05, 4.69) is 5.32 Å². The van der Waals surface area contributed by atoms with Crippen molar-refractivity contribution in [2.45, 2.75) is 31.7 Å². The van der Waals surface area contributed by atoms with Gasteiger partial charge in [-0.1, -0.05) is 42.5 Å². The van der Waals surface area contributed by atoms with Crippen LogP contribution in [0.5, 0.6) is 0 Å². The summed E-state index contributed by atoms with van der Waals surface area (Å²) in [5.41, 5.74) is 0.497. The highest BCUT2D eigenvalue weighted by Crippen LogP contribution is 2.28. The van der Waals surface area contributed by atoms with Gasteiger partial charge in [-0.25, -0.2) is 4.79 Å². The van der Waals surface area contributed by atoms with Crippen LogP contribution in [0.1, 0.15) is 31.7 Å². The minimum atomic E-state index is -0.509. The van der Waals surface area contributed by atoms with E-state index < -0.39 is 11.7 Å². The van der Waals surface area contributed by atoms with Crippen LogP contribution in [0.3, 0.4) is 0 Å². The van der Waals surface area contributed by atoms with Crippen molar-refractivity contribution in [3.05, 3.63) is 48.0 Å². The summed E-state index contributed by atoms with van der Waals surface area (Å²) in [6.45, 7) is 5.81. The van der Waals surface area contributed by atoms with Crippen molar-refractivity contribution in [2.75, 3.05) is 6.54 Å². The van der Waals surface area contributed by atoms with E-state index in [4.69, 9.17) is 16.3 Å². The number of rotatable bonds is 3. The maximum atomic E-state index is 11.7. The highest BCUT2D eigenvalue weighted by molar-refractivity contribution is 6.22. The van der Waals surface area contributed by atoms with Crippen LogP contribution in [-0.2, 0) is 4.74 Å². The minimum absolute atomic E-state index is 0.302. The van der Waals surface area contributed by atoms with Gasteiger partial charge in [-0.05, 0) is 37.1 Å². The summed E-state index contributed by atoms with van der Waals surface area (Å²) in [6.07, 6.45) is -0.451. The molecule has 0 aliphatic carbocycles. The first-order valence-electron chi connectivity index (χ1n) is 6.95. The lowest BCUT2D eigenvalue weighted by molar-refractivity contribution is 0.0528. The molecule has 2 rings (SSSR count). The molecule has 21 heavy (non-hydrogen) atoms. The molecule has 1 atom stereocenters. The first-order chi connectivity index (χ1) is 9.87. The number of carbonyl (C=O) groups excluding carboxylic acids is 1. The molecule has 1 N–H and O–H groups in total. The fraction of sp³-hybridized carbons (Fsp3) is 0.353. The van der Waals surface area contributed by atoms with Gasteiger partial charge >= 0.3 is 6.09 Å². The molecule has 0 spiro atoms. The first kappa shape index (κ1) is 15.6. The standard InChI is InChI=1S/C17H20ClNO2/c1-17(2,3)21-16(20)19-11-15(18)14-10-6-8-12-7-4-5-9-13(12)14/h4-10,15H,11H2,1-3H3,(H,19,20). The van der Waals surface area contributed by atoms with Crippen LogP contribution in [0.4, 0.5) is 4.79 Å². The maximum Gasteiger partial charge on any atom is 0.407 e. The Hall–Kier alpha value is -1.74. The lowest BCUT2D eigenvalue weighted by Crippen LogP contribution is -2.34. The number of carbonyl (C=O) groups is 1. The van der Waals surface area contributed by atoms with Gasteiger partial charge in [-0.3, -0.25) is 0 Å². The Morgan fingerprint density at radius 2 is 1.86 bits per heavy atom. The molecule has 1 unspecified atom stereocenters. The van der Waals surface area contributed by atoms with Gasteiger partial charge in [0.1, 0.15) is 5.60 Å². The second-order valence-electron chi connectivity index (χ2n) is 5.92. The predicted octanol–water partition coefficient (Wildman–Crippen LogP) is 4.64. The molecule has 0 bridgehead atoms. The monoisotopic (exact) mass is 305 g/mol. The van der Waals surface area contributed by atoms with Gasteiger partial charge in [0.05, 0.1) is 5.38 Å². The smallest absolute Gasteiger partial charge is 0.407 e. The van der Waals surface area contributed by atoms with E-state index in [0.29, 0.717) is 6.54 Å². The van der Waals surface area contributed by atoms with Crippen molar-refractivity contribution in [1.82, 2.24) is 5.32 Å². The Morgan fingerprint density at radius 1 is 1.19 bits per heavy atom. The lowest BCUT2D eigenvalue weighted by Gasteiger charge is -2.20. The van der Waals surface area contributed by atoms with Gasteiger partial charge in [0, 0.05) is 6.54 Å². The zero-order valence-electron chi connectivity index (χ0n) is 12.5. The molecule has 0 heterocycles. The predicted molar refractivity (Wildman–Crippen MR) is 86.8 cm³/mol. The van der Waals surface area contributed by atoms with E-state index in [-0.39, 0.29) is 5.38 Å². The minimum Gasteiger partial charge on any atom is -0.444 e. The van der Waals surface area contributed by atoms with Crippen LogP contribution < -0.4 is 5.32 Å². The van der Waals surface area contributed by atoms with Gasteiger partial charge in [0.2, 0.25) is 0 Å². The molecule has 2 aromatic carbocycles. The number of amides is 1. The molecule has 0 fully saturated rings. The summed E-state index contributed by atoms with van der Waals surface area (Å²) in [7, 11) is 0. The second kappa shape index (κ2) is 6.35. The number of benzene rings is 2. The normalized spacial score (nSPS) is 13.0. The van der Waals surface area contributed by atoms with E-state index in [1.807, 2.05) is 63.2 Å². The van der Waals surface area contributed by atoms with E-state index in [0.717, 1.165) is 16.3 Å². The fourth-order valence-corrected chi connectivity index (χ4v) is 2.39. The molecule has 2 aromatic rings. The molecule has 4 heteroatoms. The highest BCUT2D eigenvalue weighted by atomic mass is 35.5. The average molecular weight is 306 g/mol. The molecule has 0 saturated heterocycles. The van der Waals surface area contributed by atoms with E-state index in [1.165, 1.54) is 0 Å². The van der Waals surface area contributed by atoms with Crippen molar-refractivity contribution in [3.8, 4) is 0 Å². The number of nitrogens with one attached hydrogen (secondary N) is 1. The molecule has 0 aliphatic rings. The Bertz CT molecular complexity index is 629. The lowest BCUT2D eigenvalue weighted by atomic mass is 10.0. The SMILES string of the molecule is CC(C)(C)OC(=O)NCC(Cl)c1cccc2ccccc12. The largest absolute Gasteiger partial charge is 0.444 e. The molecular weight excluding hydrogens is 286 g/mol. The zero-order chi connectivity index (χ0) is 15.5. The summed E-state index contributed by atoms with van der Waals surface area (Å²) in [5, 5.41) is 4.65. The van der Waals surface area contributed by atoms with E-state index in [9.17, 15) is 4.79 Å². The highest BCUT2D eigenvalue weighted by Gasteiger charge is 2.18. The molecular formula is C17H20ClNO2. The Balaban J connectivity index is 2.06. The summed E-state index contributed by atoms with van der Waals surface area (Å²) in [6, 6.07) is 14.1. The quantitative estimate of drug-likeness (QED) is 0.839. The third kappa shape index (κ3) is 4.36. The summed E-state index contributed by atoms with van der Waals surface area (Å²) < 4.78 is 5.20. The second-order valence-corrected chi connectivity index (χ2v) is 6.45. The first-order valence-corrected chi connectivity index (χ1v) is 7.39. The van der Waals surface area contributed by atoms with Gasteiger partial charge in [-0.2, -0.15) is 0 Å². The van der Waals surface area contributed by atoms with Crippen LogP contribution in [0.15, 0.2) is 42.5 Å². The van der Waals surface area contributed by atoms with Crippen LogP contribution in [0.25, 0.3) is 10.8 Å². The van der Waals surface area contributed by atoms with Crippen molar-refractivity contribution < 1.29 is 9.53 Å². The third-order valence-corrected chi connectivity index (χ3v) is 3.37. The van der Waals surface area contributed by atoms with Gasteiger partial charge in [-0.15, -0.1) is 11.6 Å². The zero-order valence-corrected chi connectivity index (χ0v) is 13.3. The number of halogens is 1. The van der Waals surface area contributed by atoms with Crippen LogP contribution in [-0.4, -0.2) is 18.2 Å². The summed E-state index contributed by atoms with van der Waals surface area (Å²) in [5.74, 6) is 0. The number of hydrogen-bond donors (Lipinski definition) is 1. The van der Waals surface area contributed by atoms with Gasteiger partial charge in [0.25, 0.3) is 0 Å². The number of hydrogen-bond acceptors (Lipinski definition) is 2. The number of alkyl halides is 1. The topological polar surface area (TPSA) is 38.3 Å². The summed E-state index contributed by atoms with van der Waals surface area (Å²) in [4.78, 5) is 11.7. The van der Waals surface area contributed by atoms with Crippen LogP contribution in [0.2, 0.25) is 0 Å². The number of fused-ring (bicyclic) bond motifs is 1. The summed E-state index contributed by atoms with van der Waals surface area (Å²) >= 11 is 6.43. The molecule has 0 aliphatic heterocycles. The van der Waals surface area contributed by atoms with Gasteiger partial charge in [0.15, 0.2) is 0 Å². The Kier molecular flexibility index (Phi) is 4.73. The van der Waals surface area contributed by atoms with E-state index >= 15 is 0 Å². The molecule has 0 saturated carbocycles. The third-order valence-electron chi connectivity index (χ3n) is 2.99. The van der Waals surface area contributed by atoms with Crippen LogP contribution >= 0.6 is 11.6 Å². The maximum absolute atomic E-state index is 11.7. The average Bonchev–Trinajstić information content (AvgIpc) is 2.42. The molecule has 112 valence electrons. The molecule has 3 nitrogen and oxygen atoms in total. The Morgan fingerprint density at radius 3 is 2.57 bits per heavy atom. The Labute approximate surface area is 130 Å². The van der Waals surface area contributed by atoms with Crippen molar-refractivity contribution in [3.63, 3.8) is 0 Å². The van der Waals surface area contributed by atoms with Crippen molar-refractivity contribution >= 4 is 28.5 Å². The van der Waals surface area contributed by atoms with Crippen LogP contribution in [0, 0.1) is 0 Å².